The third-order valence-corrected chi connectivity index (χ3v) is 3.98. The lowest BCUT2D eigenvalue weighted by Crippen LogP contribution is -2.76. The van der Waals surface area contributed by atoms with Crippen LogP contribution in [0.3, 0.4) is 0 Å². The zero-order valence-electron chi connectivity index (χ0n) is 11.5. The third-order valence-electron chi connectivity index (χ3n) is 3.98. The molecular formula is C12H22N2O5. The van der Waals surface area contributed by atoms with E-state index in [0.717, 1.165) is 0 Å². The lowest BCUT2D eigenvalue weighted by atomic mass is 9.54. The molecule has 0 bridgehead atoms. The maximum absolute atomic E-state index is 12.0. The molecule has 1 saturated carbocycles. The standard InChI is InChI=1S/C12H22N2O5/c1-4-19-8-5-12(13,11(8,2)3)10(18)14-6-7(15)9(16)17/h7-8,15H,4-6,13H2,1-3H3,(H,14,18)(H,16,17). The maximum atomic E-state index is 12.0. The van der Waals surface area contributed by atoms with Crippen LogP contribution < -0.4 is 11.1 Å². The van der Waals surface area contributed by atoms with Crippen molar-refractivity contribution in [2.24, 2.45) is 11.1 Å². The first-order valence-electron chi connectivity index (χ1n) is 6.26. The predicted molar refractivity (Wildman–Crippen MR) is 67.4 cm³/mol. The summed E-state index contributed by atoms with van der Waals surface area (Å²) >= 11 is 0. The van der Waals surface area contributed by atoms with Crippen LogP contribution >= 0.6 is 0 Å². The second-order valence-corrected chi connectivity index (χ2v) is 5.41. The molecule has 3 atom stereocenters. The Labute approximate surface area is 112 Å². The summed E-state index contributed by atoms with van der Waals surface area (Å²) in [5.74, 6) is -1.85. The number of carboxylic acid groups (broad SMARTS) is 1. The Morgan fingerprint density at radius 3 is 2.53 bits per heavy atom. The van der Waals surface area contributed by atoms with Gasteiger partial charge in [0.2, 0.25) is 5.91 Å². The highest BCUT2D eigenvalue weighted by Gasteiger charge is 2.62. The predicted octanol–water partition coefficient (Wildman–Crippen LogP) is -0.919. The van der Waals surface area contributed by atoms with Gasteiger partial charge in [-0.1, -0.05) is 13.8 Å². The summed E-state index contributed by atoms with van der Waals surface area (Å²) in [6, 6.07) is 0. The summed E-state index contributed by atoms with van der Waals surface area (Å²) in [6.07, 6.45) is -1.35. The van der Waals surface area contributed by atoms with E-state index in [-0.39, 0.29) is 12.6 Å². The summed E-state index contributed by atoms with van der Waals surface area (Å²) in [6.45, 7) is 5.73. The normalized spacial score (nSPS) is 30.3. The monoisotopic (exact) mass is 274 g/mol. The molecule has 7 heteroatoms. The molecule has 7 nitrogen and oxygen atoms in total. The van der Waals surface area contributed by atoms with Crippen molar-refractivity contribution < 1.29 is 24.5 Å². The first-order valence-corrected chi connectivity index (χ1v) is 6.26. The van der Waals surface area contributed by atoms with Gasteiger partial charge in [-0.2, -0.15) is 0 Å². The largest absolute Gasteiger partial charge is 0.479 e. The number of hydrogen-bond donors (Lipinski definition) is 4. The van der Waals surface area contributed by atoms with Crippen LogP contribution in [0.25, 0.3) is 0 Å². The van der Waals surface area contributed by atoms with Gasteiger partial charge in [0.15, 0.2) is 6.10 Å². The second-order valence-electron chi connectivity index (χ2n) is 5.41. The van der Waals surface area contributed by atoms with Gasteiger partial charge in [0.25, 0.3) is 0 Å². The van der Waals surface area contributed by atoms with Crippen LogP contribution in [0, 0.1) is 5.41 Å². The number of aliphatic hydroxyl groups excluding tert-OH is 1. The van der Waals surface area contributed by atoms with Gasteiger partial charge in [-0.15, -0.1) is 0 Å². The fourth-order valence-electron chi connectivity index (χ4n) is 2.25. The van der Waals surface area contributed by atoms with Gasteiger partial charge < -0.3 is 26.0 Å². The van der Waals surface area contributed by atoms with E-state index in [0.29, 0.717) is 13.0 Å². The van der Waals surface area contributed by atoms with Crippen LogP contribution in [-0.4, -0.2) is 53.0 Å². The number of hydrogen-bond acceptors (Lipinski definition) is 5. The Bertz CT molecular complexity index is 371. The SMILES string of the molecule is CCOC1CC(N)(C(=O)NCC(O)C(=O)O)C1(C)C. The molecule has 19 heavy (non-hydrogen) atoms. The third kappa shape index (κ3) is 2.72. The minimum absolute atomic E-state index is 0.0994. The molecule has 1 rings (SSSR count). The van der Waals surface area contributed by atoms with Crippen molar-refractivity contribution in [1.82, 2.24) is 5.32 Å². The van der Waals surface area contributed by atoms with Gasteiger partial charge in [0, 0.05) is 18.4 Å². The molecular weight excluding hydrogens is 252 g/mol. The summed E-state index contributed by atoms with van der Waals surface area (Å²) < 4.78 is 5.50. The minimum atomic E-state index is -1.63. The molecule has 1 fully saturated rings. The van der Waals surface area contributed by atoms with Crippen LogP contribution in [0.1, 0.15) is 27.2 Å². The van der Waals surface area contributed by atoms with Gasteiger partial charge in [0.1, 0.15) is 5.54 Å². The quantitative estimate of drug-likeness (QED) is 0.497. The molecule has 0 aromatic rings. The van der Waals surface area contributed by atoms with Gasteiger partial charge in [-0.25, -0.2) is 4.79 Å². The van der Waals surface area contributed by atoms with Crippen LogP contribution in [0.5, 0.6) is 0 Å². The molecule has 0 aliphatic heterocycles. The summed E-state index contributed by atoms with van der Waals surface area (Å²) in [5.41, 5.74) is 4.44. The van der Waals surface area contributed by atoms with E-state index in [2.05, 4.69) is 5.32 Å². The number of nitrogens with two attached hydrogens (primary N) is 1. The summed E-state index contributed by atoms with van der Waals surface area (Å²) in [5, 5.41) is 20.0. The molecule has 1 amide bonds. The Hall–Kier alpha value is -1.18. The Balaban J connectivity index is 2.60. The maximum Gasteiger partial charge on any atom is 0.334 e. The highest BCUT2D eigenvalue weighted by atomic mass is 16.5. The molecule has 1 aliphatic carbocycles. The minimum Gasteiger partial charge on any atom is -0.479 e. The molecule has 0 saturated heterocycles. The van der Waals surface area contributed by atoms with Crippen LogP contribution in [0.15, 0.2) is 0 Å². The van der Waals surface area contributed by atoms with E-state index in [1.807, 2.05) is 20.8 Å². The van der Waals surface area contributed by atoms with Crippen molar-refractivity contribution in [3.8, 4) is 0 Å². The number of nitrogens with one attached hydrogen (secondary N) is 1. The topological polar surface area (TPSA) is 122 Å². The number of amides is 1. The van der Waals surface area contributed by atoms with Gasteiger partial charge >= 0.3 is 5.97 Å². The van der Waals surface area contributed by atoms with Gasteiger partial charge in [-0.3, -0.25) is 4.79 Å². The highest BCUT2D eigenvalue weighted by molar-refractivity contribution is 5.89. The molecule has 0 aromatic carbocycles. The zero-order chi connectivity index (χ0) is 14.8. The highest BCUT2D eigenvalue weighted by Crippen LogP contribution is 2.49. The summed E-state index contributed by atoms with van der Waals surface area (Å²) in [7, 11) is 0. The molecule has 110 valence electrons. The lowest BCUT2D eigenvalue weighted by molar-refractivity contribution is -0.171. The van der Waals surface area contributed by atoms with E-state index in [4.69, 9.17) is 20.7 Å². The summed E-state index contributed by atoms with van der Waals surface area (Å²) in [4.78, 5) is 22.5. The average Bonchev–Trinajstić information content (AvgIpc) is 2.34. The number of rotatable bonds is 6. The number of aliphatic hydroxyl groups is 1. The molecule has 0 spiro atoms. The molecule has 1 aliphatic rings. The molecule has 5 N–H and O–H groups in total. The number of ether oxygens (including phenoxy) is 1. The van der Waals surface area contributed by atoms with E-state index in [1.165, 1.54) is 0 Å². The first kappa shape index (κ1) is 15.9. The first-order chi connectivity index (χ1) is 8.66. The zero-order valence-corrected chi connectivity index (χ0v) is 11.5. The Morgan fingerprint density at radius 2 is 2.11 bits per heavy atom. The van der Waals surface area contributed by atoms with Crippen LogP contribution in [0.4, 0.5) is 0 Å². The van der Waals surface area contributed by atoms with E-state index in [1.54, 1.807) is 0 Å². The van der Waals surface area contributed by atoms with E-state index in [9.17, 15) is 9.59 Å². The molecule has 0 aromatic heterocycles. The molecule has 3 unspecified atom stereocenters. The van der Waals surface area contributed by atoms with Crippen LogP contribution in [0.2, 0.25) is 0 Å². The van der Waals surface area contributed by atoms with Gasteiger partial charge in [-0.05, 0) is 6.92 Å². The molecule has 0 radical (unpaired) electrons. The second kappa shape index (κ2) is 5.44. The lowest BCUT2D eigenvalue weighted by Gasteiger charge is -2.57. The van der Waals surface area contributed by atoms with Crippen molar-refractivity contribution in [2.45, 2.75) is 44.9 Å². The number of aliphatic carboxylic acids is 1. The fourth-order valence-corrected chi connectivity index (χ4v) is 2.25. The smallest absolute Gasteiger partial charge is 0.334 e. The van der Waals surface area contributed by atoms with E-state index >= 15 is 0 Å². The van der Waals surface area contributed by atoms with Crippen molar-refractivity contribution in [3.05, 3.63) is 0 Å². The number of carboxylic acids is 1. The Morgan fingerprint density at radius 1 is 1.53 bits per heavy atom. The van der Waals surface area contributed by atoms with Gasteiger partial charge in [0.05, 0.1) is 12.6 Å². The average molecular weight is 274 g/mol. The molecule has 0 heterocycles. The van der Waals surface area contributed by atoms with Crippen molar-refractivity contribution in [1.29, 1.82) is 0 Å². The number of carbonyl (C=O) groups is 2. The van der Waals surface area contributed by atoms with E-state index < -0.39 is 28.9 Å². The Kier molecular flexibility index (Phi) is 4.54. The van der Waals surface area contributed by atoms with Crippen molar-refractivity contribution in [2.75, 3.05) is 13.2 Å². The van der Waals surface area contributed by atoms with Crippen molar-refractivity contribution in [3.63, 3.8) is 0 Å². The van der Waals surface area contributed by atoms with Crippen molar-refractivity contribution >= 4 is 11.9 Å². The fraction of sp³-hybridized carbons (Fsp3) is 0.833. The number of carbonyl (C=O) groups excluding carboxylic acids is 1. The van der Waals surface area contributed by atoms with Crippen LogP contribution in [-0.2, 0) is 14.3 Å².